The van der Waals surface area contributed by atoms with Crippen LogP contribution in [0.2, 0.25) is 0 Å². The molecule has 0 saturated heterocycles. The molecule has 0 radical (unpaired) electrons. The Labute approximate surface area is 219 Å². The molecule has 2 aromatic rings. The second-order valence-electron chi connectivity index (χ2n) is 8.27. The lowest BCUT2D eigenvalue weighted by molar-refractivity contribution is -0.125. The number of amides is 3. The zero-order valence-corrected chi connectivity index (χ0v) is 22.1. The fraction of sp³-hybridized carbons (Fsp3) is 0.296. The van der Waals surface area contributed by atoms with Gasteiger partial charge in [-0.15, -0.1) is 0 Å². The predicted octanol–water partition coefficient (Wildman–Crippen LogP) is 2.92. The van der Waals surface area contributed by atoms with Crippen LogP contribution in [0.3, 0.4) is 0 Å². The molecular formula is C27H39N7O3. The van der Waals surface area contributed by atoms with E-state index in [1.165, 1.54) is 18.0 Å². The van der Waals surface area contributed by atoms with Crippen molar-refractivity contribution in [2.24, 2.45) is 16.5 Å². The maximum atomic E-state index is 11.8. The van der Waals surface area contributed by atoms with Crippen LogP contribution in [0.1, 0.15) is 17.5 Å². The second-order valence-corrected chi connectivity index (χ2v) is 8.27. The fourth-order valence-electron chi connectivity index (χ4n) is 3.42. The lowest BCUT2D eigenvalue weighted by atomic mass is 9.99. The van der Waals surface area contributed by atoms with Crippen molar-refractivity contribution in [2.75, 3.05) is 52.4 Å². The van der Waals surface area contributed by atoms with Crippen molar-refractivity contribution in [3.63, 3.8) is 0 Å². The second kappa shape index (κ2) is 16.4. The van der Waals surface area contributed by atoms with Gasteiger partial charge in [0.2, 0.25) is 5.91 Å². The number of aliphatic imine (C=N–C) groups is 1. The summed E-state index contributed by atoms with van der Waals surface area (Å²) in [7, 11) is 7.29. The molecule has 0 saturated carbocycles. The van der Waals surface area contributed by atoms with E-state index in [-0.39, 0.29) is 5.91 Å². The summed E-state index contributed by atoms with van der Waals surface area (Å²) in [6.07, 6.45) is 5.44. The van der Waals surface area contributed by atoms with E-state index in [0.29, 0.717) is 24.5 Å². The molecule has 3 amide bonds. The van der Waals surface area contributed by atoms with Crippen LogP contribution in [0, 0.1) is 0 Å². The van der Waals surface area contributed by atoms with E-state index >= 15 is 0 Å². The zero-order valence-electron chi connectivity index (χ0n) is 22.1. The quantitative estimate of drug-likeness (QED) is 0.203. The minimum absolute atomic E-state index is 0.0865. The molecule has 0 fully saturated rings. The highest BCUT2D eigenvalue weighted by Crippen LogP contribution is 2.31. The van der Waals surface area contributed by atoms with Crippen molar-refractivity contribution in [1.82, 2.24) is 9.80 Å². The number of rotatable bonds is 6. The first-order valence-electron chi connectivity index (χ1n) is 11.6. The number of ether oxygens (including phenoxy) is 1. The van der Waals surface area contributed by atoms with E-state index in [0.717, 1.165) is 29.8 Å². The number of nitrogens with one attached hydrogen (secondary N) is 1. The van der Waals surface area contributed by atoms with Gasteiger partial charge in [-0.3, -0.25) is 9.79 Å². The zero-order chi connectivity index (χ0) is 27.8. The van der Waals surface area contributed by atoms with Crippen molar-refractivity contribution < 1.29 is 14.3 Å². The van der Waals surface area contributed by atoms with Crippen LogP contribution in [0.4, 0.5) is 16.2 Å². The summed E-state index contributed by atoms with van der Waals surface area (Å²) < 4.78 is 5.39. The van der Waals surface area contributed by atoms with Gasteiger partial charge in [0.1, 0.15) is 5.75 Å². The lowest BCUT2D eigenvalue weighted by Gasteiger charge is -2.27. The molecule has 0 spiro atoms. The number of hydrogen-bond acceptors (Lipinski definition) is 6. The summed E-state index contributed by atoms with van der Waals surface area (Å²) in [5.41, 5.74) is 20.0. The molecule has 7 N–H and O–H groups in total. The standard InChI is InChI=1S/C16H19N3O3.C9H14N2.C2H6N2/c1-3-15(20)19-8-4-5-11(10-19)13-7-6-12(18-16(17)21)9-14(13)22-2;1-11(2)7-8-3-5-9(10)6-4-8;1-4-2-3/h3,5-7,9H,1,4,8,10H2,2H3,(H3,17,18,21);3-6H,7,10H2,1-2H3;2H,1H3,(H2,3,4). The Morgan fingerprint density at radius 3 is 2.38 bits per heavy atom. The van der Waals surface area contributed by atoms with Gasteiger partial charge in [-0.2, -0.15) is 0 Å². The number of carbonyl (C=O) groups excluding carboxylic acids is 2. The predicted molar refractivity (Wildman–Crippen MR) is 152 cm³/mol. The Hall–Kier alpha value is -4.31. The Morgan fingerprint density at radius 1 is 1.22 bits per heavy atom. The Bertz CT molecular complexity index is 1080. The van der Waals surface area contributed by atoms with E-state index in [1.54, 1.807) is 31.2 Å². The van der Waals surface area contributed by atoms with Crippen LogP contribution in [0.15, 0.2) is 66.2 Å². The number of nitrogen functional groups attached to an aromatic ring is 1. The summed E-state index contributed by atoms with van der Waals surface area (Å²) >= 11 is 0. The first-order chi connectivity index (χ1) is 17.6. The SMILES string of the molecule is C=CC(=O)N1CCC=C(c2ccc(NC(N)=O)cc2OC)C1.CN(C)Cc1ccc(N)cc1.CN=CN. The Balaban J connectivity index is 0.000000379. The minimum atomic E-state index is -0.630. The molecule has 37 heavy (non-hydrogen) atoms. The molecule has 0 aliphatic carbocycles. The summed E-state index contributed by atoms with van der Waals surface area (Å²) in [6, 6.07) is 12.6. The monoisotopic (exact) mass is 509 g/mol. The maximum absolute atomic E-state index is 11.8. The average Bonchev–Trinajstić information content (AvgIpc) is 2.89. The summed E-state index contributed by atoms with van der Waals surface area (Å²) in [5.74, 6) is 0.530. The first-order valence-corrected chi connectivity index (χ1v) is 11.6. The van der Waals surface area contributed by atoms with E-state index in [4.69, 9.17) is 21.9 Å². The molecule has 0 bridgehead atoms. The summed E-state index contributed by atoms with van der Waals surface area (Å²) in [5, 5.41) is 2.51. The molecule has 0 aromatic heterocycles. The number of carbonyl (C=O) groups is 2. The first kappa shape index (κ1) is 30.7. The van der Waals surface area contributed by atoms with Crippen LogP contribution in [-0.4, -0.2) is 69.4 Å². The van der Waals surface area contributed by atoms with E-state index in [1.807, 2.05) is 18.2 Å². The molecule has 10 nitrogen and oxygen atoms in total. The molecule has 200 valence electrons. The van der Waals surface area contributed by atoms with Gasteiger partial charge in [0.25, 0.3) is 0 Å². The molecule has 10 heteroatoms. The highest BCUT2D eigenvalue weighted by molar-refractivity contribution is 5.90. The smallest absolute Gasteiger partial charge is 0.316 e. The third-order valence-electron chi connectivity index (χ3n) is 5.08. The lowest BCUT2D eigenvalue weighted by Crippen LogP contribution is -2.34. The van der Waals surface area contributed by atoms with Crippen LogP contribution in [0.25, 0.3) is 5.57 Å². The van der Waals surface area contributed by atoms with Gasteiger partial charge in [0, 0.05) is 49.7 Å². The molecule has 1 aliphatic rings. The van der Waals surface area contributed by atoms with E-state index < -0.39 is 6.03 Å². The fourth-order valence-corrected chi connectivity index (χ4v) is 3.42. The molecular weight excluding hydrogens is 470 g/mol. The van der Waals surface area contributed by atoms with Gasteiger partial charge in [-0.1, -0.05) is 24.8 Å². The third kappa shape index (κ3) is 11.3. The topological polar surface area (TPSA) is 152 Å². The van der Waals surface area contributed by atoms with Crippen molar-refractivity contribution in [3.05, 3.63) is 72.3 Å². The number of nitrogens with zero attached hydrogens (tertiary/aromatic N) is 3. The number of hydrogen-bond donors (Lipinski definition) is 4. The number of benzene rings is 2. The Kier molecular flexibility index (Phi) is 13.6. The molecule has 0 atom stereocenters. The summed E-state index contributed by atoms with van der Waals surface area (Å²) in [4.78, 5) is 29.9. The van der Waals surface area contributed by atoms with Crippen molar-refractivity contribution >= 4 is 35.2 Å². The van der Waals surface area contributed by atoms with Gasteiger partial charge < -0.3 is 37.1 Å². The highest BCUT2D eigenvalue weighted by Gasteiger charge is 2.19. The normalized spacial score (nSPS) is 12.5. The van der Waals surface area contributed by atoms with Crippen molar-refractivity contribution in [3.8, 4) is 5.75 Å². The molecule has 0 unspecified atom stereocenters. The highest BCUT2D eigenvalue weighted by atomic mass is 16.5. The van der Waals surface area contributed by atoms with Crippen LogP contribution in [-0.2, 0) is 11.3 Å². The van der Waals surface area contributed by atoms with Gasteiger partial charge in [0.15, 0.2) is 0 Å². The Morgan fingerprint density at radius 2 is 1.86 bits per heavy atom. The number of urea groups is 1. The van der Waals surface area contributed by atoms with E-state index in [9.17, 15) is 9.59 Å². The molecule has 2 aromatic carbocycles. The molecule has 1 heterocycles. The van der Waals surface area contributed by atoms with Crippen LogP contribution in [0.5, 0.6) is 5.75 Å². The number of primary amides is 1. The van der Waals surface area contributed by atoms with Gasteiger partial charge in [-0.25, -0.2) is 4.79 Å². The maximum Gasteiger partial charge on any atom is 0.316 e. The largest absolute Gasteiger partial charge is 0.496 e. The molecule has 3 rings (SSSR count). The van der Waals surface area contributed by atoms with Gasteiger partial charge >= 0.3 is 6.03 Å². The van der Waals surface area contributed by atoms with Crippen LogP contribution < -0.4 is 27.3 Å². The number of anilines is 2. The van der Waals surface area contributed by atoms with Crippen molar-refractivity contribution in [2.45, 2.75) is 13.0 Å². The van der Waals surface area contributed by atoms with Gasteiger partial charge in [0.05, 0.1) is 13.4 Å². The number of nitrogens with two attached hydrogens (primary N) is 3. The minimum Gasteiger partial charge on any atom is -0.496 e. The molecule has 1 aliphatic heterocycles. The average molecular weight is 510 g/mol. The van der Waals surface area contributed by atoms with Crippen molar-refractivity contribution in [1.29, 1.82) is 0 Å². The van der Waals surface area contributed by atoms with E-state index in [2.05, 4.69) is 54.1 Å². The summed E-state index contributed by atoms with van der Waals surface area (Å²) in [6.45, 7) is 5.67. The van der Waals surface area contributed by atoms with Crippen LogP contribution >= 0.6 is 0 Å². The third-order valence-corrected chi connectivity index (χ3v) is 5.08. The van der Waals surface area contributed by atoms with Gasteiger partial charge in [-0.05, 0) is 62.0 Å². The number of methoxy groups -OCH3 is 1.